The number of nitrogens with one attached hydrogen (secondary N) is 1. The number of carbonyl (C=O) groups is 1. The first-order chi connectivity index (χ1) is 13.6. The number of halogens is 1. The molecule has 28 heavy (non-hydrogen) atoms. The number of aliphatic carboxylic acids is 1. The number of hydrogen-bond donors (Lipinski definition) is 2. The first-order valence-corrected chi connectivity index (χ1v) is 9.80. The van der Waals surface area contributed by atoms with Crippen LogP contribution in [0.4, 0.5) is 5.82 Å². The van der Waals surface area contributed by atoms with Gasteiger partial charge in [0, 0.05) is 12.1 Å². The Labute approximate surface area is 172 Å². The third-order valence-corrected chi connectivity index (χ3v) is 5.38. The first-order valence-electron chi connectivity index (χ1n) is 9.01. The summed E-state index contributed by atoms with van der Waals surface area (Å²) >= 11 is 3.66. The quantitative estimate of drug-likeness (QED) is 0.544. The highest BCUT2D eigenvalue weighted by Gasteiger charge is 2.23. The number of carboxylic acids is 1. The molecule has 6 nitrogen and oxygen atoms in total. The summed E-state index contributed by atoms with van der Waals surface area (Å²) in [4.78, 5) is 20.6. The van der Waals surface area contributed by atoms with Gasteiger partial charge >= 0.3 is 5.97 Å². The van der Waals surface area contributed by atoms with Gasteiger partial charge in [-0.3, -0.25) is 0 Å². The molecule has 1 atom stereocenters. The van der Waals surface area contributed by atoms with Gasteiger partial charge in [0.15, 0.2) is 0 Å². The van der Waals surface area contributed by atoms with Crippen molar-refractivity contribution in [1.82, 2.24) is 14.5 Å². The molecule has 0 saturated heterocycles. The van der Waals surface area contributed by atoms with E-state index in [0.29, 0.717) is 18.8 Å². The van der Waals surface area contributed by atoms with E-state index in [1.165, 1.54) is 6.33 Å². The monoisotopic (exact) mass is 440 g/mol. The van der Waals surface area contributed by atoms with Crippen LogP contribution in [0.3, 0.4) is 0 Å². The third-order valence-electron chi connectivity index (χ3n) is 4.52. The molecule has 0 aliphatic rings. The zero-order chi connectivity index (χ0) is 20.1. The number of nitrogens with zero attached hydrogens (tertiary/aromatic N) is 3. The van der Waals surface area contributed by atoms with E-state index in [1.807, 2.05) is 34.9 Å². The summed E-state index contributed by atoms with van der Waals surface area (Å²) < 4.78 is 2.91. The fourth-order valence-electron chi connectivity index (χ4n) is 3.17. The van der Waals surface area contributed by atoms with E-state index in [1.54, 1.807) is 6.92 Å². The van der Waals surface area contributed by atoms with E-state index in [-0.39, 0.29) is 0 Å². The van der Waals surface area contributed by atoms with Crippen molar-refractivity contribution in [1.29, 1.82) is 0 Å². The molecule has 0 bridgehead atoms. The number of benzene rings is 1. The van der Waals surface area contributed by atoms with Crippen LogP contribution in [-0.2, 0) is 24.2 Å². The van der Waals surface area contributed by atoms with E-state index in [0.717, 1.165) is 33.2 Å². The maximum Gasteiger partial charge on any atom is 0.326 e. The first kappa shape index (κ1) is 19.9. The number of hydrogen-bond acceptors (Lipinski definition) is 4. The second-order valence-electron chi connectivity index (χ2n) is 6.27. The van der Waals surface area contributed by atoms with Crippen LogP contribution in [0, 0.1) is 11.8 Å². The van der Waals surface area contributed by atoms with Gasteiger partial charge < -0.3 is 15.0 Å². The summed E-state index contributed by atoms with van der Waals surface area (Å²) in [5.41, 5.74) is 2.72. The minimum Gasteiger partial charge on any atom is -0.480 e. The summed E-state index contributed by atoms with van der Waals surface area (Å²) in [5, 5.41) is 13.6. The molecule has 0 spiro atoms. The highest BCUT2D eigenvalue weighted by molar-refractivity contribution is 9.10. The van der Waals surface area contributed by atoms with E-state index >= 15 is 0 Å². The number of rotatable bonds is 7. The van der Waals surface area contributed by atoms with Crippen LogP contribution in [0.5, 0.6) is 0 Å². The molecule has 1 aromatic carbocycles. The van der Waals surface area contributed by atoms with Gasteiger partial charge in [0.2, 0.25) is 0 Å². The second-order valence-corrected chi connectivity index (χ2v) is 7.07. The van der Waals surface area contributed by atoms with E-state index in [9.17, 15) is 9.90 Å². The number of aromatic nitrogens is 3. The maximum absolute atomic E-state index is 11.9. The molecule has 0 radical (unpaired) electrons. The van der Waals surface area contributed by atoms with Crippen molar-refractivity contribution in [2.45, 2.75) is 39.3 Å². The van der Waals surface area contributed by atoms with Crippen molar-refractivity contribution >= 4 is 38.8 Å². The molecule has 0 amide bonds. The Hall–Kier alpha value is -2.85. The summed E-state index contributed by atoms with van der Waals surface area (Å²) in [5.74, 6) is 5.55. The lowest BCUT2D eigenvalue weighted by Crippen LogP contribution is -2.32. The minimum atomic E-state index is -0.932. The topological polar surface area (TPSA) is 80.0 Å². The molecule has 2 heterocycles. The highest BCUT2D eigenvalue weighted by atomic mass is 79.9. The number of anilines is 1. The fraction of sp³-hybridized carbons (Fsp3) is 0.286. The smallest absolute Gasteiger partial charge is 0.326 e. The molecule has 7 heteroatoms. The standard InChI is InChI=1S/C21H21BrN4O2/c1-3-5-11-26-16(4-2)18(22)17-19(23-13-24-20(17)26)25-15(21(27)28)12-14-9-7-6-8-10-14/h6-10,13,15H,4,11-12H2,1-2H3,(H,27,28)(H,23,24,25)/t15-/m1/s1. The van der Waals surface area contributed by atoms with Gasteiger partial charge in [-0.05, 0) is 34.8 Å². The van der Waals surface area contributed by atoms with Gasteiger partial charge in [0.1, 0.15) is 23.8 Å². The Bertz CT molecular complexity index is 1050. The van der Waals surface area contributed by atoms with Crippen LogP contribution in [-0.4, -0.2) is 31.7 Å². The SMILES string of the molecule is CC#CCn1c(CC)c(Br)c2c(N[C@H](Cc3ccccc3)C(=O)O)ncnc21. The van der Waals surface area contributed by atoms with Crippen LogP contribution in [0.1, 0.15) is 25.1 Å². The molecule has 144 valence electrons. The lowest BCUT2D eigenvalue weighted by atomic mass is 10.1. The van der Waals surface area contributed by atoms with Crippen LogP contribution >= 0.6 is 15.9 Å². The number of carboxylic acid groups (broad SMARTS) is 1. The van der Waals surface area contributed by atoms with Crippen LogP contribution in [0.25, 0.3) is 11.0 Å². The Kier molecular flexibility index (Phi) is 6.32. The van der Waals surface area contributed by atoms with Crippen molar-refractivity contribution in [3.05, 3.63) is 52.4 Å². The van der Waals surface area contributed by atoms with Crippen LogP contribution in [0.2, 0.25) is 0 Å². The van der Waals surface area contributed by atoms with Gasteiger partial charge in [0.25, 0.3) is 0 Å². The van der Waals surface area contributed by atoms with Crippen LogP contribution < -0.4 is 5.32 Å². The molecule has 0 saturated carbocycles. The van der Waals surface area contributed by atoms with Crippen molar-refractivity contribution in [2.24, 2.45) is 0 Å². The normalized spacial score (nSPS) is 11.7. The highest BCUT2D eigenvalue weighted by Crippen LogP contribution is 2.34. The predicted molar refractivity (Wildman–Crippen MR) is 113 cm³/mol. The van der Waals surface area contributed by atoms with E-state index in [2.05, 4.69) is 50.0 Å². The van der Waals surface area contributed by atoms with Gasteiger partial charge in [-0.15, -0.1) is 5.92 Å². The second kappa shape index (κ2) is 8.89. The fourth-order valence-corrected chi connectivity index (χ4v) is 4.03. The Morgan fingerprint density at radius 3 is 2.71 bits per heavy atom. The van der Waals surface area contributed by atoms with E-state index < -0.39 is 12.0 Å². The maximum atomic E-state index is 11.9. The Balaban J connectivity index is 2.03. The molecule has 3 aromatic rings. The van der Waals surface area contributed by atoms with Gasteiger partial charge in [-0.1, -0.05) is 43.2 Å². The van der Waals surface area contributed by atoms with E-state index in [4.69, 9.17) is 0 Å². The third kappa shape index (κ3) is 4.02. The van der Waals surface area contributed by atoms with Crippen molar-refractivity contribution in [3.63, 3.8) is 0 Å². The van der Waals surface area contributed by atoms with Crippen molar-refractivity contribution in [2.75, 3.05) is 5.32 Å². The van der Waals surface area contributed by atoms with Crippen molar-refractivity contribution < 1.29 is 9.90 Å². The number of fused-ring (bicyclic) bond motifs is 1. The summed E-state index contributed by atoms with van der Waals surface area (Å²) in [6, 6.07) is 8.73. The lowest BCUT2D eigenvalue weighted by molar-refractivity contribution is -0.137. The molecule has 2 N–H and O–H groups in total. The Morgan fingerprint density at radius 2 is 2.07 bits per heavy atom. The molecule has 0 fully saturated rings. The summed E-state index contributed by atoms with van der Waals surface area (Å²) in [7, 11) is 0. The van der Waals surface area contributed by atoms with Gasteiger partial charge in [-0.2, -0.15) is 0 Å². The Morgan fingerprint density at radius 1 is 1.32 bits per heavy atom. The van der Waals surface area contributed by atoms with Gasteiger partial charge in [0.05, 0.1) is 16.4 Å². The molecular formula is C21H21BrN4O2. The molecule has 0 aliphatic heterocycles. The minimum absolute atomic E-state index is 0.349. The summed E-state index contributed by atoms with van der Waals surface area (Å²) in [6.45, 7) is 4.38. The molecular weight excluding hydrogens is 420 g/mol. The molecule has 2 aromatic heterocycles. The predicted octanol–water partition coefficient (Wildman–Crippen LogP) is 3.89. The zero-order valence-corrected chi connectivity index (χ0v) is 17.3. The molecule has 0 unspecified atom stereocenters. The van der Waals surface area contributed by atoms with Crippen LogP contribution in [0.15, 0.2) is 41.1 Å². The summed E-state index contributed by atoms with van der Waals surface area (Å²) in [6.07, 6.45) is 2.59. The average molecular weight is 441 g/mol. The zero-order valence-electron chi connectivity index (χ0n) is 15.7. The lowest BCUT2D eigenvalue weighted by Gasteiger charge is -2.16. The van der Waals surface area contributed by atoms with Gasteiger partial charge in [-0.25, -0.2) is 14.8 Å². The molecule has 0 aliphatic carbocycles. The average Bonchev–Trinajstić information content (AvgIpc) is 2.98. The molecule has 3 rings (SSSR count). The van der Waals surface area contributed by atoms with Crippen molar-refractivity contribution in [3.8, 4) is 11.8 Å². The largest absolute Gasteiger partial charge is 0.480 e.